The van der Waals surface area contributed by atoms with Crippen molar-refractivity contribution in [1.82, 2.24) is 4.98 Å². The van der Waals surface area contributed by atoms with Gasteiger partial charge in [-0.25, -0.2) is 4.98 Å². The minimum atomic E-state index is 0.131. The van der Waals surface area contributed by atoms with E-state index in [1.807, 2.05) is 17.3 Å². The molecule has 1 aromatic heterocycles. The van der Waals surface area contributed by atoms with Crippen molar-refractivity contribution in [2.45, 2.75) is 0 Å². The molecule has 1 aromatic rings. The maximum Gasteiger partial charge on any atom is 0.185 e. The van der Waals surface area contributed by atoms with Crippen LogP contribution in [0.15, 0.2) is 5.38 Å². The van der Waals surface area contributed by atoms with E-state index in [2.05, 4.69) is 4.98 Å². The Bertz CT molecular complexity index is 228. The summed E-state index contributed by atoms with van der Waals surface area (Å²) in [6, 6.07) is 0. The first kappa shape index (κ1) is 8.77. The first-order valence-corrected chi connectivity index (χ1v) is 4.43. The Morgan fingerprint density at radius 1 is 1.82 bits per heavy atom. The zero-order valence-electron chi connectivity index (χ0n) is 6.12. The highest BCUT2D eigenvalue weighted by atomic mass is 35.5. The minimum absolute atomic E-state index is 0.131. The van der Waals surface area contributed by atoms with E-state index in [0.717, 1.165) is 5.82 Å². The van der Waals surface area contributed by atoms with E-state index in [9.17, 15) is 0 Å². The van der Waals surface area contributed by atoms with E-state index >= 15 is 0 Å². The largest absolute Gasteiger partial charge is 0.395 e. The molecule has 0 fully saturated rings. The highest BCUT2D eigenvalue weighted by molar-refractivity contribution is 7.14. The number of nitrogens with zero attached hydrogens (tertiary/aromatic N) is 2. The molecule has 11 heavy (non-hydrogen) atoms. The van der Waals surface area contributed by atoms with Crippen LogP contribution in [0.4, 0.5) is 5.82 Å². The molecule has 0 aromatic carbocycles. The summed E-state index contributed by atoms with van der Waals surface area (Å²) in [5.74, 6) is 0.814. The van der Waals surface area contributed by atoms with E-state index in [0.29, 0.717) is 11.0 Å². The number of hydrogen-bond acceptors (Lipinski definition) is 4. The van der Waals surface area contributed by atoms with Crippen molar-refractivity contribution in [2.24, 2.45) is 0 Å². The molecule has 0 amide bonds. The average Bonchev–Trinajstić information content (AvgIpc) is 2.36. The lowest BCUT2D eigenvalue weighted by Gasteiger charge is -2.13. The quantitative estimate of drug-likeness (QED) is 0.783. The van der Waals surface area contributed by atoms with Gasteiger partial charge in [0, 0.05) is 19.0 Å². The van der Waals surface area contributed by atoms with E-state index < -0.39 is 0 Å². The Morgan fingerprint density at radius 3 is 3.00 bits per heavy atom. The van der Waals surface area contributed by atoms with Crippen LogP contribution in [-0.4, -0.2) is 30.3 Å². The summed E-state index contributed by atoms with van der Waals surface area (Å²) in [7, 11) is 1.86. The summed E-state index contributed by atoms with van der Waals surface area (Å²) in [5, 5.41) is 10.5. The fourth-order valence-electron chi connectivity index (χ4n) is 0.684. The predicted octanol–water partition coefficient (Wildman–Crippen LogP) is 1.22. The van der Waals surface area contributed by atoms with Crippen LogP contribution in [0.1, 0.15) is 0 Å². The number of aliphatic hydroxyl groups excluding tert-OH is 1. The standard InChI is InChI=1S/C6H9ClN2OS/c1-9(2-3-10)5-4-11-6(7)8-5/h4,10H,2-3H2,1H3. The molecule has 1 N–H and O–H groups in total. The summed E-state index contributed by atoms with van der Waals surface area (Å²) < 4.78 is 0.532. The molecule has 0 aliphatic rings. The monoisotopic (exact) mass is 192 g/mol. The van der Waals surface area contributed by atoms with Crippen molar-refractivity contribution in [3.63, 3.8) is 0 Å². The van der Waals surface area contributed by atoms with E-state index in [1.54, 1.807) is 0 Å². The number of aromatic nitrogens is 1. The Hall–Kier alpha value is -0.320. The third-order valence-corrected chi connectivity index (χ3v) is 2.26. The van der Waals surface area contributed by atoms with E-state index in [-0.39, 0.29) is 6.61 Å². The van der Waals surface area contributed by atoms with Crippen molar-refractivity contribution in [3.05, 3.63) is 9.85 Å². The van der Waals surface area contributed by atoms with Gasteiger partial charge in [0.15, 0.2) is 4.47 Å². The molecule has 0 saturated carbocycles. The van der Waals surface area contributed by atoms with Gasteiger partial charge in [-0.1, -0.05) is 11.6 Å². The topological polar surface area (TPSA) is 36.4 Å². The van der Waals surface area contributed by atoms with Gasteiger partial charge in [0.2, 0.25) is 0 Å². The second kappa shape index (κ2) is 3.90. The van der Waals surface area contributed by atoms with Gasteiger partial charge in [-0.2, -0.15) is 0 Å². The summed E-state index contributed by atoms with van der Waals surface area (Å²) in [5.41, 5.74) is 0. The second-order valence-corrected chi connectivity index (χ2v) is 3.54. The van der Waals surface area contributed by atoms with Gasteiger partial charge in [-0.3, -0.25) is 0 Å². The molecular weight excluding hydrogens is 184 g/mol. The molecule has 1 rings (SSSR count). The van der Waals surface area contributed by atoms with Crippen LogP contribution in [-0.2, 0) is 0 Å². The Balaban J connectivity index is 2.60. The summed E-state index contributed by atoms with van der Waals surface area (Å²) in [6.07, 6.45) is 0. The number of aliphatic hydroxyl groups is 1. The van der Waals surface area contributed by atoms with Gasteiger partial charge >= 0.3 is 0 Å². The van der Waals surface area contributed by atoms with Gasteiger partial charge in [0.25, 0.3) is 0 Å². The molecule has 0 radical (unpaired) electrons. The van der Waals surface area contributed by atoms with Gasteiger partial charge in [0.05, 0.1) is 6.61 Å². The van der Waals surface area contributed by atoms with Crippen LogP contribution in [0.2, 0.25) is 4.47 Å². The molecule has 0 saturated heterocycles. The molecule has 0 bridgehead atoms. The number of halogens is 1. The fourth-order valence-corrected chi connectivity index (χ4v) is 1.49. The van der Waals surface area contributed by atoms with Crippen molar-refractivity contribution in [3.8, 4) is 0 Å². The number of likely N-dealkylation sites (N-methyl/N-ethyl adjacent to an activating group) is 1. The van der Waals surface area contributed by atoms with Crippen LogP contribution in [0.25, 0.3) is 0 Å². The van der Waals surface area contributed by atoms with Crippen LogP contribution in [0.5, 0.6) is 0 Å². The van der Waals surface area contributed by atoms with Crippen molar-refractivity contribution >= 4 is 28.8 Å². The maximum atomic E-state index is 8.61. The van der Waals surface area contributed by atoms with E-state index in [1.165, 1.54) is 11.3 Å². The molecule has 0 atom stereocenters. The number of rotatable bonds is 3. The zero-order valence-corrected chi connectivity index (χ0v) is 7.69. The number of hydrogen-bond donors (Lipinski definition) is 1. The smallest absolute Gasteiger partial charge is 0.185 e. The van der Waals surface area contributed by atoms with E-state index in [4.69, 9.17) is 16.7 Å². The molecule has 5 heteroatoms. The molecule has 3 nitrogen and oxygen atoms in total. The summed E-state index contributed by atoms with van der Waals surface area (Å²) >= 11 is 7.01. The molecule has 0 spiro atoms. The van der Waals surface area contributed by atoms with Gasteiger partial charge in [-0.15, -0.1) is 11.3 Å². The first-order valence-electron chi connectivity index (χ1n) is 3.17. The molecule has 0 aliphatic heterocycles. The Morgan fingerprint density at radius 2 is 2.55 bits per heavy atom. The molecule has 62 valence electrons. The number of thiazole rings is 1. The summed E-state index contributed by atoms with van der Waals surface area (Å²) in [6.45, 7) is 0.714. The lowest BCUT2D eigenvalue weighted by Crippen LogP contribution is -2.21. The normalized spacial score (nSPS) is 10.1. The lowest BCUT2D eigenvalue weighted by atomic mass is 10.6. The Kier molecular flexibility index (Phi) is 3.11. The van der Waals surface area contributed by atoms with Crippen LogP contribution < -0.4 is 4.90 Å². The van der Waals surface area contributed by atoms with Gasteiger partial charge in [-0.05, 0) is 0 Å². The highest BCUT2D eigenvalue weighted by Crippen LogP contribution is 2.20. The van der Waals surface area contributed by atoms with Crippen molar-refractivity contribution in [1.29, 1.82) is 0 Å². The van der Waals surface area contributed by atoms with Crippen LogP contribution >= 0.6 is 22.9 Å². The first-order chi connectivity index (χ1) is 5.24. The molecule has 0 aliphatic carbocycles. The third kappa shape index (κ3) is 2.32. The van der Waals surface area contributed by atoms with Crippen LogP contribution in [0.3, 0.4) is 0 Å². The van der Waals surface area contributed by atoms with Gasteiger partial charge in [0.1, 0.15) is 5.82 Å². The Labute approximate surface area is 74.2 Å². The SMILES string of the molecule is CN(CCO)c1csc(Cl)n1. The minimum Gasteiger partial charge on any atom is -0.395 e. The second-order valence-electron chi connectivity index (χ2n) is 2.10. The number of anilines is 1. The average molecular weight is 193 g/mol. The lowest BCUT2D eigenvalue weighted by molar-refractivity contribution is 0.304. The predicted molar refractivity (Wildman–Crippen MR) is 47.5 cm³/mol. The van der Waals surface area contributed by atoms with Crippen molar-refractivity contribution < 1.29 is 5.11 Å². The third-order valence-electron chi connectivity index (χ3n) is 1.29. The fraction of sp³-hybridized carbons (Fsp3) is 0.500. The molecular formula is C6H9ClN2OS. The molecule has 0 unspecified atom stereocenters. The van der Waals surface area contributed by atoms with Gasteiger partial charge < -0.3 is 10.0 Å². The van der Waals surface area contributed by atoms with Crippen molar-refractivity contribution in [2.75, 3.05) is 25.1 Å². The van der Waals surface area contributed by atoms with Crippen LogP contribution in [0, 0.1) is 0 Å². The highest BCUT2D eigenvalue weighted by Gasteiger charge is 2.03. The maximum absolute atomic E-state index is 8.61. The zero-order chi connectivity index (χ0) is 8.27. The summed E-state index contributed by atoms with van der Waals surface area (Å²) in [4.78, 5) is 5.88. The molecule has 1 heterocycles.